The van der Waals surface area contributed by atoms with E-state index >= 15 is 0 Å². The van der Waals surface area contributed by atoms with Gasteiger partial charge in [0.05, 0.1) is 18.8 Å². The number of halogens is 1. The maximum atomic E-state index is 6.34. The molecule has 1 aliphatic rings. The summed E-state index contributed by atoms with van der Waals surface area (Å²) in [6.07, 6.45) is 8.15. The van der Waals surface area contributed by atoms with Crippen LogP contribution in [0.2, 0.25) is 5.15 Å². The number of ether oxygens (including phenoxy) is 1. The molecule has 1 fully saturated rings. The molecule has 0 atom stereocenters. The Hall–Kier alpha value is -1.000. The van der Waals surface area contributed by atoms with Gasteiger partial charge in [-0.25, -0.2) is 4.68 Å². The van der Waals surface area contributed by atoms with Gasteiger partial charge in [0.2, 0.25) is 0 Å². The molecular weight excluding hydrogens is 280 g/mol. The molecule has 2 aromatic heterocycles. The molecule has 0 aliphatic heterocycles. The third-order valence-electron chi connectivity index (χ3n) is 3.48. The van der Waals surface area contributed by atoms with Crippen molar-refractivity contribution in [1.82, 2.24) is 9.78 Å². The van der Waals surface area contributed by atoms with E-state index in [4.69, 9.17) is 16.3 Å². The van der Waals surface area contributed by atoms with Gasteiger partial charge >= 0.3 is 0 Å². The molecule has 0 spiro atoms. The summed E-state index contributed by atoms with van der Waals surface area (Å²) < 4.78 is 7.77. The van der Waals surface area contributed by atoms with Gasteiger partial charge in [0.1, 0.15) is 0 Å². The van der Waals surface area contributed by atoms with Crippen LogP contribution in [0.5, 0.6) is 5.75 Å². The van der Waals surface area contributed by atoms with Gasteiger partial charge in [-0.2, -0.15) is 5.10 Å². The van der Waals surface area contributed by atoms with Gasteiger partial charge in [0, 0.05) is 4.88 Å². The van der Waals surface area contributed by atoms with Crippen LogP contribution in [0, 0.1) is 0 Å². The Morgan fingerprint density at radius 1 is 1.37 bits per heavy atom. The minimum Gasteiger partial charge on any atom is -0.486 e. The Morgan fingerprint density at radius 3 is 2.95 bits per heavy atom. The van der Waals surface area contributed by atoms with Crippen molar-refractivity contribution in [2.45, 2.75) is 44.8 Å². The second-order valence-corrected chi connectivity index (χ2v) is 6.30. The van der Waals surface area contributed by atoms with Crippen molar-refractivity contribution >= 4 is 22.9 Å². The number of hydrogen-bond donors (Lipinski definition) is 0. The van der Waals surface area contributed by atoms with Gasteiger partial charge in [-0.05, 0) is 37.1 Å². The van der Waals surface area contributed by atoms with Crippen molar-refractivity contribution in [3.8, 4) is 5.75 Å². The van der Waals surface area contributed by atoms with Crippen LogP contribution >= 0.6 is 22.9 Å². The third-order valence-corrected chi connectivity index (χ3v) is 4.72. The molecule has 3 rings (SSSR count). The van der Waals surface area contributed by atoms with E-state index < -0.39 is 0 Å². The smallest absolute Gasteiger partial charge is 0.176 e. The molecule has 0 aromatic carbocycles. The van der Waals surface area contributed by atoms with Crippen LogP contribution in [0.4, 0.5) is 0 Å². The first-order valence-corrected chi connectivity index (χ1v) is 7.99. The van der Waals surface area contributed by atoms with Crippen LogP contribution in [0.15, 0.2) is 23.7 Å². The Balaban J connectivity index is 1.67. The number of hydrogen-bond acceptors (Lipinski definition) is 3. The maximum absolute atomic E-state index is 6.34. The van der Waals surface area contributed by atoms with Gasteiger partial charge in [-0.1, -0.05) is 24.1 Å². The van der Waals surface area contributed by atoms with E-state index in [-0.39, 0.29) is 0 Å². The molecule has 0 radical (unpaired) electrons. The third kappa shape index (κ3) is 3.12. The molecule has 0 amide bonds. The molecule has 102 valence electrons. The van der Waals surface area contributed by atoms with Crippen LogP contribution in [-0.2, 0) is 6.54 Å². The van der Waals surface area contributed by atoms with Crippen LogP contribution in [0.3, 0.4) is 0 Å². The van der Waals surface area contributed by atoms with Crippen molar-refractivity contribution in [2.24, 2.45) is 0 Å². The summed E-state index contributed by atoms with van der Waals surface area (Å²) in [5.41, 5.74) is 0. The standard InChI is InChI=1S/C14H17ClN2OS/c15-14-13(18-11-5-2-1-3-6-11)9-16-17(14)10-12-7-4-8-19-12/h4,7-9,11H,1-3,5-6,10H2. The van der Waals surface area contributed by atoms with Crippen LogP contribution in [0.25, 0.3) is 0 Å². The molecule has 0 saturated heterocycles. The van der Waals surface area contributed by atoms with Crippen LogP contribution in [0.1, 0.15) is 37.0 Å². The fourth-order valence-electron chi connectivity index (χ4n) is 2.46. The lowest BCUT2D eigenvalue weighted by molar-refractivity contribution is 0.155. The van der Waals surface area contributed by atoms with Gasteiger partial charge < -0.3 is 4.74 Å². The number of aromatic nitrogens is 2. The second-order valence-electron chi connectivity index (χ2n) is 4.91. The molecule has 5 heteroatoms. The largest absolute Gasteiger partial charge is 0.486 e. The lowest BCUT2D eigenvalue weighted by Crippen LogP contribution is -2.19. The van der Waals surface area contributed by atoms with Crippen molar-refractivity contribution in [1.29, 1.82) is 0 Å². The lowest BCUT2D eigenvalue weighted by atomic mass is 9.98. The maximum Gasteiger partial charge on any atom is 0.176 e. The summed E-state index contributed by atoms with van der Waals surface area (Å²) in [6, 6.07) is 4.13. The fourth-order valence-corrected chi connectivity index (χ4v) is 3.34. The first kappa shape index (κ1) is 13.0. The quantitative estimate of drug-likeness (QED) is 0.838. The molecule has 1 saturated carbocycles. The Morgan fingerprint density at radius 2 is 2.21 bits per heavy atom. The summed E-state index contributed by atoms with van der Waals surface area (Å²) in [4.78, 5) is 1.24. The zero-order chi connectivity index (χ0) is 13.1. The van der Waals surface area contributed by atoms with Crippen molar-refractivity contribution in [3.05, 3.63) is 33.7 Å². The average molecular weight is 297 g/mol. The first-order valence-electron chi connectivity index (χ1n) is 6.73. The molecule has 0 bridgehead atoms. The molecule has 2 heterocycles. The van der Waals surface area contributed by atoms with Crippen molar-refractivity contribution in [3.63, 3.8) is 0 Å². The van der Waals surface area contributed by atoms with E-state index in [1.165, 1.54) is 24.1 Å². The summed E-state index contributed by atoms with van der Waals surface area (Å²) in [7, 11) is 0. The van der Waals surface area contributed by atoms with E-state index in [9.17, 15) is 0 Å². The highest BCUT2D eigenvalue weighted by Gasteiger charge is 2.18. The molecule has 0 N–H and O–H groups in total. The lowest BCUT2D eigenvalue weighted by Gasteiger charge is -2.22. The number of rotatable bonds is 4. The van der Waals surface area contributed by atoms with E-state index in [0.717, 1.165) is 18.6 Å². The molecule has 19 heavy (non-hydrogen) atoms. The molecular formula is C14H17ClN2OS. The van der Waals surface area contributed by atoms with E-state index in [1.807, 2.05) is 6.07 Å². The highest BCUT2D eigenvalue weighted by Crippen LogP contribution is 2.29. The minimum absolute atomic E-state index is 0.311. The van der Waals surface area contributed by atoms with E-state index in [2.05, 4.69) is 16.5 Å². The van der Waals surface area contributed by atoms with Crippen molar-refractivity contribution < 1.29 is 4.74 Å². The molecule has 0 unspecified atom stereocenters. The summed E-state index contributed by atoms with van der Waals surface area (Å²) >= 11 is 8.05. The monoisotopic (exact) mass is 296 g/mol. The normalized spacial score (nSPS) is 16.7. The molecule has 3 nitrogen and oxygen atoms in total. The fraction of sp³-hybridized carbons (Fsp3) is 0.500. The zero-order valence-corrected chi connectivity index (χ0v) is 12.3. The second kappa shape index (κ2) is 5.97. The Kier molecular flexibility index (Phi) is 4.09. The van der Waals surface area contributed by atoms with Crippen LogP contribution < -0.4 is 4.74 Å². The van der Waals surface area contributed by atoms with Crippen LogP contribution in [-0.4, -0.2) is 15.9 Å². The summed E-state index contributed by atoms with van der Waals surface area (Å²) in [5.74, 6) is 0.727. The average Bonchev–Trinajstić information content (AvgIpc) is 3.05. The minimum atomic E-state index is 0.311. The summed E-state index contributed by atoms with van der Waals surface area (Å²) in [5, 5.41) is 6.99. The first-order chi connectivity index (χ1) is 9.33. The zero-order valence-electron chi connectivity index (χ0n) is 10.7. The Labute approximate surface area is 122 Å². The topological polar surface area (TPSA) is 27.1 Å². The number of nitrogens with zero attached hydrogens (tertiary/aromatic N) is 2. The van der Waals surface area contributed by atoms with Gasteiger partial charge in [0.25, 0.3) is 0 Å². The predicted molar refractivity (Wildman–Crippen MR) is 78.2 cm³/mol. The van der Waals surface area contributed by atoms with E-state index in [0.29, 0.717) is 17.8 Å². The van der Waals surface area contributed by atoms with Gasteiger partial charge in [0.15, 0.2) is 10.9 Å². The summed E-state index contributed by atoms with van der Waals surface area (Å²) in [6.45, 7) is 0.713. The molecule has 2 aromatic rings. The highest BCUT2D eigenvalue weighted by molar-refractivity contribution is 7.09. The molecule has 1 aliphatic carbocycles. The SMILES string of the molecule is Clc1c(OC2CCCCC2)cnn1Cc1cccs1. The van der Waals surface area contributed by atoms with Crippen molar-refractivity contribution in [2.75, 3.05) is 0 Å². The highest BCUT2D eigenvalue weighted by atomic mass is 35.5. The van der Waals surface area contributed by atoms with Gasteiger partial charge in [-0.3, -0.25) is 0 Å². The van der Waals surface area contributed by atoms with Gasteiger partial charge in [-0.15, -0.1) is 11.3 Å². The number of thiophene rings is 1. The Bertz CT molecular complexity index is 518. The van der Waals surface area contributed by atoms with E-state index in [1.54, 1.807) is 22.2 Å². The predicted octanol–water partition coefficient (Wildman–Crippen LogP) is 4.36.